The highest BCUT2D eigenvalue weighted by molar-refractivity contribution is 14.1. The van der Waals surface area contributed by atoms with Crippen LogP contribution in [0, 0.1) is 5.92 Å². The molecule has 19 heavy (non-hydrogen) atoms. The maximum atomic E-state index is 11.3. The second-order valence-corrected chi connectivity index (χ2v) is 5.82. The van der Waals surface area contributed by atoms with Crippen molar-refractivity contribution in [2.45, 2.75) is 37.8 Å². The highest BCUT2D eigenvalue weighted by Gasteiger charge is 2.38. The molecule has 0 aliphatic heterocycles. The third kappa shape index (κ3) is 5.68. The van der Waals surface area contributed by atoms with Crippen LogP contribution in [0.25, 0.3) is 0 Å². The number of rotatable bonds is 5. The molecule has 0 radical (unpaired) electrons. The first kappa shape index (κ1) is 17.4. The van der Waals surface area contributed by atoms with Gasteiger partial charge in [0.15, 0.2) is 6.29 Å². The number of hydrogen-bond donors (Lipinski definition) is 2. The Balaban J connectivity index is 2.62. The second kappa shape index (κ2) is 8.57. The van der Waals surface area contributed by atoms with E-state index in [2.05, 4.69) is 0 Å². The van der Waals surface area contributed by atoms with Crippen molar-refractivity contribution >= 4 is 57.1 Å². The molecule has 2 N–H and O–H groups in total. The van der Waals surface area contributed by atoms with E-state index in [1.165, 1.54) is 0 Å². The van der Waals surface area contributed by atoms with E-state index in [-0.39, 0.29) is 20.9 Å². The summed E-state index contributed by atoms with van der Waals surface area (Å²) in [5.74, 6) is -1.24. The van der Waals surface area contributed by atoms with Crippen LogP contribution in [0.5, 0.6) is 0 Å². The lowest BCUT2D eigenvalue weighted by Crippen LogP contribution is -2.43. The van der Waals surface area contributed by atoms with Crippen molar-refractivity contribution in [1.29, 1.82) is 0 Å². The molecular formula is C11H16I2O6. The van der Waals surface area contributed by atoms with Gasteiger partial charge in [0.05, 0.1) is 8.86 Å². The smallest absolute Gasteiger partial charge is 0.316 e. The third-order valence-corrected chi connectivity index (χ3v) is 4.22. The van der Waals surface area contributed by atoms with Crippen LogP contribution >= 0.6 is 45.2 Å². The van der Waals surface area contributed by atoms with Crippen molar-refractivity contribution in [3.05, 3.63) is 0 Å². The van der Waals surface area contributed by atoms with E-state index in [1.54, 1.807) is 0 Å². The summed E-state index contributed by atoms with van der Waals surface area (Å²) in [5.41, 5.74) is 0. The van der Waals surface area contributed by atoms with Gasteiger partial charge in [-0.25, -0.2) is 0 Å². The normalized spacial score (nSPS) is 27.1. The molecule has 1 saturated carbocycles. The van der Waals surface area contributed by atoms with Crippen LogP contribution < -0.4 is 0 Å². The first-order valence-corrected chi connectivity index (χ1v) is 8.90. The fourth-order valence-electron chi connectivity index (χ4n) is 2.12. The molecule has 6 nitrogen and oxygen atoms in total. The maximum absolute atomic E-state index is 11.3. The molecule has 0 bridgehead atoms. The van der Waals surface area contributed by atoms with Crippen molar-refractivity contribution in [1.82, 2.24) is 0 Å². The highest BCUT2D eigenvalue weighted by Crippen LogP contribution is 2.31. The molecule has 3 unspecified atom stereocenters. The van der Waals surface area contributed by atoms with Crippen molar-refractivity contribution < 1.29 is 29.3 Å². The van der Waals surface area contributed by atoms with Crippen LogP contribution in [0.2, 0.25) is 0 Å². The van der Waals surface area contributed by atoms with Gasteiger partial charge in [-0.15, -0.1) is 0 Å². The van der Waals surface area contributed by atoms with Crippen molar-refractivity contribution in [2.24, 2.45) is 5.92 Å². The molecule has 110 valence electrons. The minimum absolute atomic E-state index is 0.195. The summed E-state index contributed by atoms with van der Waals surface area (Å²) in [5, 5.41) is 18.6. The van der Waals surface area contributed by atoms with Gasteiger partial charge in [-0.3, -0.25) is 9.59 Å². The van der Waals surface area contributed by atoms with E-state index >= 15 is 0 Å². The number of alkyl halides is 2. The number of hydrogen-bond acceptors (Lipinski definition) is 6. The summed E-state index contributed by atoms with van der Waals surface area (Å²) >= 11 is 3.79. The van der Waals surface area contributed by atoms with Crippen LogP contribution in [0.1, 0.15) is 19.3 Å². The number of halogens is 2. The van der Waals surface area contributed by atoms with E-state index in [0.29, 0.717) is 19.3 Å². The van der Waals surface area contributed by atoms with E-state index in [0.717, 1.165) is 0 Å². The topological polar surface area (TPSA) is 93.1 Å². The summed E-state index contributed by atoms with van der Waals surface area (Å²) in [7, 11) is 0. The first-order chi connectivity index (χ1) is 8.97. The van der Waals surface area contributed by atoms with Gasteiger partial charge < -0.3 is 19.7 Å². The third-order valence-electron chi connectivity index (χ3n) is 2.98. The molecule has 0 heterocycles. The molecule has 1 fully saturated rings. The summed E-state index contributed by atoms with van der Waals surface area (Å²) in [6.45, 7) is 0. The molecule has 0 amide bonds. The Morgan fingerprint density at radius 3 is 2.21 bits per heavy atom. The number of ether oxygens (including phenoxy) is 2. The monoisotopic (exact) mass is 498 g/mol. The molecule has 0 aromatic heterocycles. The fourth-order valence-corrected chi connectivity index (χ4v) is 2.48. The lowest BCUT2D eigenvalue weighted by Gasteiger charge is -2.35. The van der Waals surface area contributed by atoms with Gasteiger partial charge in [-0.1, -0.05) is 45.2 Å². The van der Waals surface area contributed by atoms with Gasteiger partial charge in [-0.05, 0) is 12.8 Å². The van der Waals surface area contributed by atoms with E-state index in [9.17, 15) is 19.8 Å². The number of carbonyl (C=O) groups excluding carboxylic acids is 2. The molecule has 3 atom stereocenters. The van der Waals surface area contributed by atoms with Crippen LogP contribution in [0.15, 0.2) is 0 Å². The SMILES string of the molecule is O=C(CI)OC1CCC(C(O)O)C(OC(=O)CI)C1. The van der Waals surface area contributed by atoms with Gasteiger partial charge >= 0.3 is 11.9 Å². The minimum Gasteiger partial charge on any atom is -0.462 e. The molecular weight excluding hydrogens is 482 g/mol. The summed E-state index contributed by atoms with van der Waals surface area (Å²) in [6.07, 6.45) is -1.19. The predicted molar refractivity (Wildman–Crippen MR) is 83.1 cm³/mol. The Bertz CT molecular complexity index is 322. The lowest BCUT2D eigenvalue weighted by molar-refractivity contribution is -0.177. The average molecular weight is 498 g/mol. The van der Waals surface area contributed by atoms with E-state index < -0.39 is 24.3 Å². The predicted octanol–water partition coefficient (Wildman–Crippen LogP) is 0.791. The summed E-state index contributed by atoms with van der Waals surface area (Å²) in [4.78, 5) is 22.6. The lowest BCUT2D eigenvalue weighted by atomic mass is 9.84. The molecule has 1 aliphatic carbocycles. The molecule has 0 aromatic rings. The van der Waals surface area contributed by atoms with Crippen molar-refractivity contribution in [2.75, 3.05) is 8.86 Å². The van der Waals surface area contributed by atoms with Crippen LogP contribution in [0.4, 0.5) is 0 Å². The van der Waals surface area contributed by atoms with Gasteiger partial charge in [0.2, 0.25) is 0 Å². The molecule has 1 aliphatic rings. The first-order valence-electron chi connectivity index (χ1n) is 5.85. The van der Waals surface area contributed by atoms with Gasteiger partial charge in [-0.2, -0.15) is 0 Å². The molecule has 1 rings (SSSR count). The summed E-state index contributed by atoms with van der Waals surface area (Å²) in [6, 6.07) is 0. The summed E-state index contributed by atoms with van der Waals surface area (Å²) < 4.78 is 10.9. The van der Waals surface area contributed by atoms with Gasteiger partial charge in [0.25, 0.3) is 0 Å². The molecule has 0 spiro atoms. The van der Waals surface area contributed by atoms with Crippen molar-refractivity contribution in [3.63, 3.8) is 0 Å². The van der Waals surface area contributed by atoms with Crippen LogP contribution in [0.3, 0.4) is 0 Å². The zero-order valence-corrected chi connectivity index (χ0v) is 14.4. The van der Waals surface area contributed by atoms with Gasteiger partial charge in [0, 0.05) is 12.3 Å². The van der Waals surface area contributed by atoms with Crippen LogP contribution in [-0.4, -0.2) is 49.5 Å². The van der Waals surface area contributed by atoms with E-state index in [1.807, 2.05) is 45.2 Å². The van der Waals surface area contributed by atoms with Gasteiger partial charge in [0.1, 0.15) is 12.2 Å². The van der Waals surface area contributed by atoms with Crippen LogP contribution in [-0.2, 0) is 19.1 Å². The Morgan fingerprint density at radius 1 is 1.11 bits per heavy atom. The Morgan fingerprint density at radius 2 is 1.68 bits per heavy atom. The highest BCUT2D eigenvalue weighted by atomic mass is 127. The molecule has 0 aromatic carbocycles. The average Bonchev–Trinajstić information content (AvgIpc) is 2.38. The van der Waals surface area contributed by atoms with Crippen molar-refractivity contribution in [3.8, 4) is 0 Å². The Labute approximate surface area is 138 Å². The standard InChI is InChI=1S/C11H16I2O6/c12-4-9(14)18-6-1-2-7(11(16)17)8(3-6)19-10(15)5-13/h6-8,11,16-17H,1-5H2. The molecule has 0 saturated heterocycles. The number of carbonyl (C=O) groups is 2. The zero-order chi connectivity index (χ0) is 14.4. The largest absolute Gasteiger partial charge is 0.462 e. The van der Waals surface area contributed by atoms with E-state index in [4.69, 9.17) is 9.47 Å². The Hall–Kier alpha value is 0.320. The Kier molecular flexibility index (Phi) is 7.84. The number of aliphatic hydroxyl groups excluding tert-OH is 1. The second-order valence-electron chi connectivity index (χ2n) is 4.30. The number of aliphatic hydroxyl groups is 2. The zero-order valence-electron chi connectivity index (χ0n) is 10.1. The number of esters is 2. The quantitative estimate of drug-likeness (QED) is 0.252. The maximum Gasteiger partial charge on any atom is 0.316 e. The fraction of sp³-hybridized carbons (Fsp3) is 0.818. The molecule has 8 heteroatoms. The minimum atomic E-state index is -1.53.